The van der Waals surface area contributed by atoms with E-state index in [0.29, 0.717) is 0 Å². The molecule has 13 heavy (non-hydrogen) atoms. The second-order valence-electron chi connectivity index (χ2n) is 2.51. The van der Waals surface area contributed by atoms with E-state index >= 15 is 0 Å². The Morgan fingerprint density at radius 3 is 2.38 bits per heavy atom. The molecule has 0 unspecified atom stereocenters. The molecular weight excluding hydrogens is 172 g/mol. The summed E-state index contributed by atoms with van der Waals surface area (Å²) in [4.78, 5) is 33.3. The maximum absolute atomic E-state index is 11.0. The van der Waals surface area contributed by atoms with Gasteiger partial charge in [-0.2, -0.15) is 0 Å². The van der Waals surface area contributed by atoms with Gasteiger partial charge in [0.2, 0.25) is 5.91 Å². The van der Waals surface area contributed by atoms with Gasteiger partial charge in [-0.25, -0.2) is 0 Å². The van der Waals surface area contributed by atoms with Crippen molar-refractivity contribution in [3.63, 3.8) is 0 Å². The third kappa shape index (κ3) is 2.40. The van der Waals surface area contributed by atoms with E-state index < -0.39 is 5.91 Å². The fourth-order valence-electron chi connectivity index (χ4n) is 0.959. The molecule has 0 spiro atoms. The Hall–Kier alpha value is -1.65. The topological polar surface area (TPSA) is 66.5 Å². The van der Waals surface area contributed by atoms with E-state index in [4.69, 9.17) is 0 Å². The molecule has 1 rings (SSSR count). The largest absolute Gasteiger partial charge is 0.354 e. The number of nitrogens with one attached hydrogen (secondary N) is 1. The molecule has 0 aliphatic carbocycles. The minimum absolute atomic E-state index is 0.186. The summed E-state index contributed by atoms with van der Waals surface area (Å²) in [6, 6.07) is 0. The Labute approximate surface area is 75.4 Å². The molecule has 0 aromatic heterocycles. The lowest BCUT2D eigenvalue weighted by atomic mass is 10.5. The van der Waals surface area contributed by atoms with Crippen molar-refractivity contribution in [2.45, 2.75) is 0 Å². The summed E-state index contributed by atoms with van der Waals surface area (Å²) in [5, 5.41) is 2.39. The molecule has 0 atom stereocenters. The van der Waals surface area contributed by atoms with Crippen LogP contribution in [0.3, 0.4) is 0 Å². The molecule has 5 heteroatoms. The van der Waals surface area contributed by atoms with E-state index in [1.807, 2.05) is 0 Å². The quantitative estimate of drug-likeness (QED) is 0.560. The normalized spacial score (nSPS) is 15.3. The highest BCUT2D eigenvalue weighted by atomic mass is 16.2. The van der Waals surface area contributed by atoms with Gasteiger partial charge in [-0.05, 0) is 0 Å². The molecule has 0 saturated heterocycles. The number of carbonyl (C=O) groups excluding carboxylic acids is 3. The second kappa shape index (κ2) is 3.84. The number of carbonyl (C=O) groups is 3. The van der Waals surface area contributed by atoms with Gasteiger partial charge in [0, 0.05) is 32.2 Å². The first kappa shape index (κ1) is 9.44. The summed E-state index contributed by atoms with van der Waals surface area (Å²) >= 11 is 0. The fourth-order valence-corrected chi connectivity index (χ4v) is 0.959. The maximum Gasteiger partial charge on any atom is 0.253 e. The lowest BCUT2D eigenvalue weighted by molar-refractivity contribution is -0.137. The third-order valence-electron chi connectivity index (χ3n) is 1.56. The van der Waals surface area contributed by atoms with Crippen molar-refractivity contribution >= 4 is 17.7 Å². The summed E-state index contributed by atoms with van der Waals surface area (Å²) in [6.45, 7) is 3.51. The molecule has 3 amide bonds. The van der Waals surface area contributed by atoms with Gasteiger partial charge in [-0.3, -0.25) is 19.3 Å². The van der Waals surface area contributed by atoms with E-state index in [1.165, 1.54) is 12.2 Å². The smallest absolute Gasteiger partial charge is 0.253 e. The lowest BCUT2D eigenvalue weighted by Gasteiger charge is -2.12. The van der Waals surface area contributed by atoms with Crippen molar-refractivity contribution < 1.29 is 14.4 Å². The fraction of sp³-hybridized carbons (Fsp3) is 0.250. The van der Waals surface area contributed by atoms with Gasteiger partial charge in [-0.15, -0.1) is 0 Å². The minimum Gasteiger partial charge on any atom is -0.354 e. The molecular formula is C8H9N2O3. The van der Waals surface area contributed by atoms with E-state index in [2.05, 4.69) is 12.2 Å². The van der Waals surface area contributed by atoms with E-state index in [1.54, 1.807) is 0 Å². The van der Waals surface area contributed by atoms with Crippen LogP contribution in [0.15, 0.2) is 12.2 Å². The zero-order chi connectivity index (χ0) is 9.84. The molecule has 1 N–H and O–H groups in total. The van der Waals surface area contributed by atoms with Crippen LogP contribution in [0.25, 0.3) is 0 Å². The highest BCUT2D eigenvalue weighted by molar-refractivity contribution is 6.12. The Morgan fingerprint density at radius 1 is 1.38 bits per heavy atom. The highest BCUT2D eigenvalue weighted by Gasteiger charge is 2.22. The zero-order valence-corrected chi connectivity index (χ0v) is 6.95. The molecule has 0 aromatic carbocycles. The number of rotatable bonds is 3. The maximum atomic E-state index is 11.0. The summed E-state index contributed by atoms with van der Waals surface area (Å²) in [6.07, 6.45) is 2.41. The zero-order valence-electron chi connectivity index (χ0n) is 6.95. The number of hydrogen-bond acceptors (Lipinski definition) is 3. The summed E-state index contributed by atoms with van der Waals surface area (Å²) in [5.41, 5.74) is 0. The molecule has 0 aromatic rings. The molecule has 1 aliphatic rings. The Balaban J connectivity index is 2.34. The first-order valence-electron chi connectivity index (χ1n) is 3.74. The van der Waals surface area contributed by atoms with Crippen molar-refractivity contribution in [1.82, 2.24) is 10.2 Å². The predicted molar refractivity (Wildman–Crippen MR) is 44.2 cm³/mol. The van der Waals surface area contributed by atoms with Crippen molar-refractivity contribution in [2.75, 3.05) is 13.1 Å². The molecule has 69 valence electrons. The van der Waals surface area contributed by atoms with E-state index in [-0.39, 0.29) is 24.9 Å². The monoisotopic (exact) mass is 181 g/mol. The van der Waals surface area contributed by atoms with Crippen LogP contribution in [0.2, 0.25) is 0 Å². The highest BCUT2D eigenvalue weighted by Crippen LogP contribution is 2.01. The molecule has 0 saturated carbocycles. The summed E-state index contributed by atoms with van der Waals surface area (Å²) in [5.74, 6) is -1.11. The molecule has 5 nitrogen and oxygen atoms in total. The van der Waals surface area contributed by atoms with Crippen molar-refractivity contribution in [2.24, 2.45) is 0 Å². The molecule has 1 aliphatic heterocycles. The van der Waals surface area contributed by atoms with Gasteiger partial charge in [-0.1, -0.05) is 0 Å². The number of amides is 3. The SMILES string of the molecule is [CH2]C(=O)NCCN1C(=O)C=CC1=O. The number of hydrogen-bond donors (Lipinski definition) is 1. The average molecular weight is 181 g/mol. The molecule has 0 fully saturated rings. The number of nitrogens with zero attached hydrogens (tertiary/aromatic N) is 1. The van der Waals surface area contributed by atoms with Crippen molar-refractivity contribution in [3.8, 4) is 0 Å². The first-order chi connectivity index (χ1) is 6.11. The molecule has 1 heterocycles. The van der Waals surface area contributed by atoms with Crippen molar-refractivity contribution in [3.05, 3.63) is 19.1 Å². The second-order valence-corrected chi connectivity index (χ2v) is 2.51. The Bertz CT molecular complexity index is 265. The van der Waals surface area contributed by atoms with Gasteiger partial charge in [0.1, 0.15) is 0 Å². The summed E-state index contributed by atoms with van der Waals surface area (Å²) in [7, 11) is 0. The van der Waals surface area contributed by atoms with Crippen LogP contribution in [0.4, 0.5) is 0 Å². The molecule has 0 bridgehead atoms. The molecule has 1 radical (unpaired) electrons. The van der Waals surface area contributed by atoms with Crippen LogP contribution in [0.1, 0.15) is 0 Å². The van der Waals surface area contributed by atoms with Crippen LogP contribution in [0.5, 0.6) is 0 Å². The van der Waals surface area contributed by atoms with E-state index in [9.17, 15) is 14.4 Å². The van der Waals surface area contributed by atoms with Crippen LogP contribution in [-0.2, 0) is 14.4 Å². The van der Waals surface area contributed by atoms with E-state index in [0.717, 1.165) is 4.90 Å². The first-order valence-corrected chi connectivity index (χ1v) is 3.74. The van der Waals surface area contributed by atoms with Gasteiger partial charge >= 0.3 is 0 Å². The Kier molecular flexibility index (Phi) is 2.79. The lowest BCUT2D eigenvalue weighted by Crippen LogP contribution is -2.37. The van der Waals surface area contributed by atoms with Gasteiger partial charge in [0.05, 0.1) is 0 Å². The van der Waals surface area contributed by atoms with Crippen molar-refractivity contribution in [1.29, 1.82) is 0 Å². The van der Waals surface area contributed by atoms with Gasteiger partial charge in [0.15, 0.2) is 0 Å². The summed E-state index contributed by atoms with van der Waals surface area (Å²) < 4.78 is 0. The van der Waals surface area contributed by atoms with Crippen LogP contribution in [0, 0.1) is 6.92 Å². The van der Waals surface area contributed by atoms with Gasteiger partial charge in [0.25, 0.3) is 11.8 Å². The van der Waals surface area contributed by atoms with Crippen LogP contribution >= 0.6 is 0 Å². The van der Waals surface area contributed by atoms with Crippen LogP contribution in [-0.4, -0.2) is 35.7 Å². The average Bonchev–Trinajstić information content (AvgIpc) is 2.34. The Morgan fingerprint density at radius 2 is 1.92 bits per heavy atom. The number of imide groups is 1. The minimum atomic E-state index is -0.424. The third-order valence-corrected chi connectivity index (χ3v) is 1.56. The van der Waals surface area contributed by atoms with Gasteiger partial charge < -0.3 is 5.32 Å². The van der Waals surface area contributed by atoms with Crippen LogP contribution < -0.4 is 5.32 Å². The predicted octanol–water partition coefficient (Wildman–Crippen LogP) is -1.14. The standard InChI is InChI=1S/C8H9N2O3/c1-6(11)9-4-5-10-7(12)2-3-8(10)13/h2-3H,1,4-5H2,(H,9,11).